The van der Waals surface area contributed by atoms with E-state index in [4.69, 9.17) is 0 Å². The van der Waals surface area contributed by atoms with Crippen LogP contribution in [0.1, 0.15) is 17.3 Å². The topological polar surface area (TPSA) is 44.1 Å². The van der Waals surface area contributed by atoms with Gasteiger partial charge in [-0.3, -0.25) is 0 Å². The number of hydrogen-bond donors (Lipinski definition) is 0. The average molecular weight is 364 g/mol. The number of esters is 1. The van der Waals surface area contributed by atoms with Crippen molar-refractivity contribution in [1.29, 1.82) is 0 Å². The molecule has 0 fully saturated rings. The lowest BCUT2D eigenvalue weighted by molar-refractivity contribution is 0.0512. The van der Waals surface area contributed by atoms with E-state index in [1.54, 1.807) is 30.3 Å². The summed E-state index contributed by atoms with van der Waals surface area (Å²) in [6, 6.07) is 10.1. The van der Waals surface area contributed by atoms with E-state index in [1.807, 2.05) is 0 Å². The van der Waals surface area contributed by atoms with E-state index >= 15 is 0 Å². The molecule has 0 saturated heterocycles. The standard InChI is InChI=1S/C18H12F4N2O2/c1-2-26-18(25)12-13(19)15(21)17(16(22)14(12)20)24-9-8-11(23-24)10-6-4-3-5-7-10/h3-9H,2H2,1H3. The first-order valence-electron chi connectivity index (χ1n) is 7.60. The van der Waals surface area contributed by atoms with Gasteiger partial charge in [0.15, 0.2) is 23.3 Å². The zero-order valence-corrected chi connectivity index (χ0v) is 13.5. The lowest BCUT2D eigenvalue weighted by Gasteiger charge is -2.11. The van der Waals surface area contributed by atoms with E-state index in [0.717, 1.165) is 6.20 Å². The molecule has 1 heterocycles. The van der Waals surface area contributed by atoms with Crippen LogP contribution in [0.5, 0.6) is 0 Å². The molecule has 0 bridgehead atoms. The van der Waals surface area contributed by atoms with Crippen LogP contribution in [-0.4, -0.2) is 22.4 Å². The highest BCUT2D eigenvalue weighted by atomic mass is 19.2. The number of hydrogen-bond acceptors (Lipinski definition) is 3. The summed E-state index contributed by atoms with van der Waals surface area (Å²) >= 11 is 0. The molecule has 0 aliphatic rings. The second-order valence-corrected chi connectivity index (χ2v) is 5.21. The Balaban J connectivity index is 2.12. The molecule has 3 aromatic rings. The number of aromatic nitrogens is 2. The molecule has 26 heavy (non-hydrogen) atoms. The molecular formula is C18H12F4N2O2. The molecule has 1 aromatic heterocycles. The van der Waals surface area contributed by atoms with Gasteiger partial charge in [-0.05, 0) is 13.0 Å². The lowest BCUT2D eigenvalue weighted by Crippen LogP contribution is -2.16. The number of ether oxygens (including phenoxy) is 1. The van der Waals surface area contributed by atoms with Crippen molar-refractivity contribution in [2.75, 3.05) is 6.61 Å². The highest BCUT2D eigenvalue weighted by Crippen LogP contribution is 2.28. The van der Waals surface area contributed by atoms with Gasteiger partial charge in [-0.2, -0.15) is 5.10 Å². The van der Waals surface area contributed by atoms with Gasteiger partial charge in [0.2, 0.25) is 0 Å². The largest absolute Gasteiger partial charge is 0.462 e. The normalized spacial score (nSPS) is 10.8. The molecule has 0 N–H and O–H groups in total. The van der Waals surface area contributed by atoms with Crippen LogP contribution in [-0.2, 0) is 4.74 Å². The predicted molar refractivity (Wildman–Crippen MR) is 84.8 cm³/mol. The zero-order valence-electron chi connectivity index (χ0n) is 13.5. The summed E-state index contributed by atoms with van der Waals surface area (Å²) in [4.78, 5) is 11.6. The Kier molecular flexibility index (Phi) is 4.75. The monoisotopic (exact) mass is 364 g/mol. The van der Waals surface area contributed by atoms with Crippen LogP contribution in [0, 0.1) is 23.3 Å². The van der Waals surface area contributed by atoms with Gasteiger partial charge >= 0.3 is 5.97 Å². The van der Waals surface area contributed by atoms with Crippen molar-refractivity contribution in [2.24, 2.45) is 0 Å². The van der Waals surface area contributed by atoms with Crippen molar-refractivity contribution < 1.29 is 27.1 Å². The third-order valence-electron chi connectivity index (χ3n) is 3.61. The number of nitrogens with zero attached hydrogens (tertiary/aromatic N) is 2. The molecule has 8 heteroatoms. The number of halogens is 4. The highest BCUT2D eigenvalue weighted by molar-refractivity contribution is 5.90. The van der Waals surface area contributed by atoms with E-state index < -0.39 is 40.5 Å². The quantitative estimate of drug-likeness (QED) is 0.394. The molecular weight excluding hydrogens is 352 g/mol. The summed E-state index contributed by atoms with van der Waals surface area (Å²) in [6.07, 6.45) is 1.16. The Morgan fingerprint density at radius 1 is 1.00 bits per heavy atom. The minimum atomic E-state index is -1.84. The average Bonchev–Trinajstić information content (AvgIpc) is 3.11. The van der Waals surface area contributed by atoms with Crippen LogP contribution < -0.4 is 0 Å². The van der Waals surface area contributed by atoms with Crippen molar-refractivity contribution in [3.05, 3.63) is 71.4 Å². The SMILES string of the molecule is CCOC(=O)c1c(F)c(F)c(-n2ccc(-c3ccccc3)n2)c(F)c1F. The molecule has 0 unspecified atom stereocenters. The third kappa shape index (κ3) is 2.94. The molecule has 134 valence electrons. The Labute approximate surface area is 145 Å². The molecule has 0 saturated carbocycles. The first-order chi connectivity index (χ1) is 12.5. The van der Waals surface area contributed by atoms with E-state index in [1.165, 1.54) is 13.0 Å². The summed E-state index contributed by atoms with van der Waals surface area (Å²) in [6.45, 7) is 1.19. The Morgan fingerprint density at radius 3 is 2.19 bits per heavy atom. The van der Waals surface area contributed by atoms with Crippen LogP contribution in [0.15, 0.2) is 42.6 Å². The van der Waals surface area contributed by atoms with Gasteiger partial charge in [0.25, 0.3) is 0 Å². The number of carbonyl (C=O) groups is 1. The van der Waals surface area contributed by atoms with E-state index in [2.05, 4.69) is 9.84 Å². The molecule has 0 spiro atoms. The lowest BCUT2D eigenvalue weighted by atomic mass is 10.1. The Morgan fingerprint density at radius 2 is 1.62 bits per heavy atom. The van der Waals surface area contributed by atoms with Crippen molar-refractivity contribution in [3.8, 4) is 16.9 Å². The van der Waals surface area contributed by atoms with Gasteiger partial charge < -0.3 is 4.74 Å². The fraction of sp³-hybridized carbons (Fsp3) is 0.111. The highest BCUT2D eigenvalue weighted by Gasteiger charge is 2.31. The maximum Gasteiger partial charge on any atom is 0.344 e. The fourth-order valence-corrected chi connectivity index (χ4v) is 2.42. The van der Waals surface area contributed by atoms with Gasteiger partial charge in [-0.15, -0.1) is 0 Å². The molecule has 0 amide bonds. The van der Waals surface area contributed by atoms with Crippen molar-refractivity contribution in [2.45, 2.75) is 6.92 Å². The zero-order chi connectivity index (χ0) is 18.8. The summed E-state index contributed by atoms with van der Waals surface area (Å²) in [7, 11) is 0. The summed E-state index contributed by atoms with van der Waals surface area (Å²) < 4.78 is 62.1. The van der Waals surface area contributed by atoms with Gasteiger partial charge in [0, 0.05) is 11.8 Å². The maximum atomic E-state index is 14.4. The van der Waals surface area contributed by atoms with Crippen LogP contribution in [0.2, 0.25) is 0 Å². The van der Waals surface area contributed by atoms with Crippen LogP contribution in [0.3, 0.4) is 0 Å². The first-order valence-corrected chi connectivity index (χ1v) is 7.60. The molecule has 2 aromatic carbocycles. The molecule has 0 aliphatic carbocycles. The molecule has 0 radical (unpaired) electrons. The first kappa shape index (κ1) is 17.7. The fourth-order valence-electron chi connectivity index (χ4n) is 2.42. The van der Waals surface area contributed by atoms with Crippen molar-refractivity contribution >= 4 is 5.97 Å². The third-order valence-corrected chi connectivity index (χ3v) is 3.61. The minimum absolute atomic E-state index is 0.206. The van der Waals surface area contributed by atoms with Crippen LogP contribution in [0.25, 0.3) is 16.9 Å². The number of carbonyl (C=O) groups excluding carboxylic acids is 1. The van der Waals surface area contributed by atoms with Gasteiger partial charge in [-0.1, -0.05) is 30.3 Å². The molecule has 0 atom stereocenters. The number of benzene rings is 2. The van der Waals surface area contributed by atoms with Crippen LogP contribution >= 0.6 is 0 Å². The smallest absolute Gasteiger partial charge is 0.344 e. The second kappa shape index (κ2) is 6.99. The molecule has 3 rings (SSSR count). The number of rotatable bonds is 4. The van der Waals surface area contributed by atoms with Crippen LogP contribution in [0.4, 0.5) is 17.6 Å². The van der Waals surface area contributed by atoms with Gasteiger partial charge in [0.1, 0.15) is 11.3 Å². The summed E-state index contributed by atoms with van der Waals surface area (Å²) in [5.74, 6) is -8.65. The van der Waals surface area contributed by atoms with Crippen molar-refractivity contribution in [3.63, 3.8) is 0 Å². The summed E-state index contributed by atoms with van der Waals surface area (Å²) in [5, 5.41) is 3.95. The van der Waals surface area contributed by atoms with E-state index in [-0.39, 0.29) is 6.61 Å². The Hall–Kier alpha value is -3.16. The second-order valence-electron chi connectivity index (χ2n) is 5.21. The van der Waals surface area contributed by atoms with E-state index in [9.17, 15) is 22.4 Å². The van der Waals surface area contributed by atoms with E-state index in [0.29, 0.717) is 15.9 Å². The van der Waals surface area contributed by atoms with Gasteiger partial charge in [0.05, 0.1) is 12.3 Å². The minimum Gasteiger partial charge on any atom is -0.462 e. The molecule has 0 aliphatic heterocycles. The predicted octanol–water partition coefficient (Wildman–Crippen LogP) is 4.27. The maximum absolute atomic E-state index is 14.4. The van der Waals surface area contributed by atoms with Crippen molar-refractivity contribution in [1.82, 2.24) is 9.78 Å². The van der Waals surface area contributed by atoms with Gasteiger partial charge in [-0.25, -0.2) is 27.0 Å². The molecule has 4 nitrogen and oxygen atoms in total. The Bertz CT molecular complexity index is 942. The summed E-state index contributed by atoms with van der Waals surface area (Å²) in [5.41, 5.74) is -1.48.